The summed E-state index contributed by atoms with van der Waals surface area (Å²) in [5.41, 5.74) is 1.75. The molecule has 1 aliphatic rings. The Bertz CT molecular complexity index is 859. The molecule has 3 rings (SSSR count). The number of carbonyl (C=O) groups excluding carboxylic acids is 3. The quantitative estimate of drug-likeness (QED) is 0.595. The second kappa shape index (κ2) is 8.35. The molecule has 0 spiro atoms. The van der Waals surface area contributed by atoms with Crippen LogP contribution in [0.25, 0.3) is 0 Å². The highest BCUT2D eigenvalue weighted by molar-refractivity contribution is 6.01. The number of aryl methyl sites for hydroxylation is 1. The Labute approximate surface area is 156 Å². The molecule has 1 heterocycles. The van der Waals surface area contributed by atoms with Crippen LogP contribution < -0.4 is 14.8 Å². The van der Waals surface area contributed by atoms with Crippen LogP contribution in [0, 0.1) is 0 Å². The summed E-state index contributed by atoms with van der Waals surface area (Å²) in [7, 11) is 1.59. The first-order valence-electron chi connectivity index (χ1n) is 8.43. The number of Topliss-reactive ketones (excluding diaryl/α,β-unsaturated/α-hetero) is 1. The maximum Gasteiger partial charge on any atom is 0.306 e. The monoisotopic (exact) mass is 369 g/mol. The Morgan fingerprint density at radius 1 is 1.15 bits per heavy atom. The largest absolute Gasteiger partial charge is 0.497 e. The van der Waals surface area contributed by atoms with E-state index in [0.29, 0.717) is 23.4 Å². The number of hydrogen-bond acceptors (Lipinski definition) is 6. The summed E-state index contributed by atoms with van der Waals surface area (Å²) in [6.07, 6.45) is 0.687. The molecule has 0 fully saturated rings. The number of carbonyl (C=O) groups is 3. The van der Waals surface area contributed by atoms with Crippen molar-refractivity contribution in [2.75, 3.05) is 25.6 Å². The number of benzene rings is 2. The van der Waals surface area contributed by atoms with Crippen molar-refractivity contribution >= 4 is 23.3 Å². The SMILES string of the molecule is COc1ccc(CCC(=O)OCC(=O)c2ccc3c(c2)NC(=O)CO3)cc1. The Morgan fingerprint density at radius 2 is 1.93 bits per heavy atom. The number of methoxy groups -OCH3 is 1. The fraction of sp³-hybridized carbons (Fsp3) is 0.250. The van der Waals surface area contributed by atoms with Crippen molar-refractivity contribution in [2.45, 2.75) is 12.8 Å². The molecule has 1 amide bonds. The molecule has 1 aliphatic heterocycles. The minimum atomic E-state index is -0.450. The standard InChI is InChI=1S/C20H19NO6/c1-25-15-6-2-13(3-7-15)4-9-20(24)27-11-17(22)14-5-8-18-16(10-14)21-19(23)12-26-18/h2-3,5-8,10H,4,9,11-12H2,1H3,(H,21,23). The molecule has 0 aromatic heterocycles. The zero-order valence-corrected chi connectivity index (χ0v) is 14.8. The van der Waals surface area contributed by atoms with Gasteiger partial charge in [0.05, 0.1) is 12.8 Å². The number of rotatable bonds is 7. The molecule has 2 aromatic rings. The lowest BCUT2D eigenvalue weighted by Crippen LogP contribution is -2.25. The Balaban J connectivity index is 1.49. The molecule has 7 nitrogen and oxygen atoms in total. The molecule has 1 N–H and O–H groups in total. The highest BCUT2D eigenvalue weighted by Crippen LogP contribution is 2.28. The van der Waals surface area contributed by atoms with Gasteiger partial charge in [-0.05, 0) is 42.3 Å². The Kier molecular flexibility index (Phi) is 5.71. The van der Waals surface area contributed by atoms with Gasteiger partial charge < -0.3 is 19.5 Å². The second-order valence-electron chi connectivity index (χ2n) is 5.98. The predicted molar refractivity (Wildman–Crippen MR) is 97.2 cm³/mol. The topological polar surface area (TPSA) is 90.9 Å². The van der Waals surface area contributed by atoms with Crippen LogP contribution >= 0.6 is 0 Å². The van der Waals surface area contributed by atoms with E-state index in [1.165, 1.54) is 6.07 Å². The number of hydrogen-bond donors (Lipinski definition) is 1. The van der Waals surface area contributed by atoms with Crippen molar-refractivity contribution in [3.05, 3.63) is 53.6 Å². The number of anilines is 1. The minimum absolute atomic E-state index is 0.0495. The third kappa shape index (κ3) is 4.84. The summed E-state index contributed by atoms with van der Waals surface area (Å²) in [4.78, 5) is 35.4. The van der Waals surface area contributed by atoms with E-state index in [1.807, 2.05) is 24.3 Å². The summed E-state index contributed by atoms with van der Waals surface area (Å²) in [5.74, 6) is 0.169. The van der Waals surface area contributed by atoms with Crippen molar-refractivity contribution in [3.63, 3.8) is 0 Å². The van der Waals surface area contributed by atoms with E-state index in [9.17, 15) is 14.4 Å². The predicted octanol–water partition coefficient (Wildman–Crippen LogP) is 2.38. The van der Waals surface area contributed by atoms with E-state index in [1.54, 1.807) is 19.2 Å². The molecule has 0 unspecified atom stereocenters. The van der Waals surface area contributed by atoms with Crippen molar-refractivity contribution in [1.82, 2.24) is 0 Å². The van der Waals surface area contributed by atoms with Gasteiger partial charge in [-0.2, -0.15) is 0 Å². The zero-order chi connectivity index (χ0) is 19.2. The first-order chi connectivity index (χ1) is 13.0. The molecular weight excluding hydrogens is 350 g/mol. The van der Waals surface area contributed by atoms with E-state index >= 15 is 0 Å². The third-order valence-corrected chi connectivity index (χ3v) is 4.08. The van der Waals surface area contributed by atoms with Crippen LogP contribution in [-0.2, 0) is 20.7 Å². The van der Waals surface area contributed by atoms with Crippen molar-refractivity contribution in [2.24, 2.45) is 0 Å². The van der Waals surface area contributed by atoms with Gasteiger partial charge in [0.2, 0.25) is 0 Å². The lowest BCUT2D eigenvalue weighted by Gasteiger charge is -2.18. The minimum Gasteiger partial charge on any atom is -0.497 e. The molecule has 0 saturated carbocycles. The third-order valence-electron chi connectivity index (χ3n) is 4.08. The van der Waals surface area contributed by atoms with Crippen LogP contribution in [0.5, 0.6) is 11.5 Å². The highest BCUT2D eigenvalue weighted by atomic mass is 16.5. The molecule has 27 heavy (non-hydrogen) atoms. The lowest BCUT2D eigenvalue weighted by atomic mass is 10.1. The van der Waals surface area contributed by atoms with E-state index in [4.69, 9.17) is 14.2 Å². The van der Waals surface area contributed by atoms with Gasteiger partial charge in [0.25, 0.3) is 5.91 Å². The molecule has 0 atom stereocenters. The van der Waals surface area contributed by atoms with Crippen molar-refractivity contribution < 1.29 is 28.6 Å². The van der Waals surface area contributed by atoms with Gasteiger partial charge in [-0.25, -0.2) is 0 Å². The Morgan fingerprint density at radius 3 is 2.67 bits per heavy atom. The number of nitrogens with one attached hydrogen (secondary N) is 1. The van der Waals surface area contributed by atoms with Crippen LogP contribution in [0.2, 0.25) is 0 Å². The molecule has 2 aromatic carbocycles. The maximum atomic E-state index is 12.2. The van der Waals surface area contributed by atoms with E-state index in [2.05, 4.69) is 5.32 Å². The summed E-state index contributed by atoms with van der Waals surface area (Å²) in [6, 6.07) is 12.1. The van der Waals surface area contributed by atoms with Crippen LogP contribution in [0.1, 0.15) is 22.3 Å². The number of ether oxygens (including phenoxy) is 3. The van der Waals surface area contributed by atoms with Gasteiger partial charge in [-0.3, -0.25) is 14.4 Å². The van der Waals surface area contributed by atoms with Crippen LogP contribution in [0.4, 0.5) is 5.69 Å². The van der Waals surface area contributed by atoms with E-state index in [-0.39, 0.29) is 31.3 Å². The molecule has 0 saturated heterocycles. The number of amides is 1. The van der Waals surface area contributed by atoms with Crippen molar-refractivity contribution in [3.8, 4) is 11.5 Å². The second-order valence-corrected chi connectivity index (χ2v) is 5.98. The molecule has 0 bridgehead atoms. The summed E-state index contributed by atoms with van der Waals surface area (Å²) in [5, 5.41) is 2.63. The van der Waals surface area contributed by atoms with Crippen LogP contribution in [0.3, 0.4) is 0 Å². The number of esters is 1. The fourth-order valence-corrected chi connectivity index (χ4v) is 2.60. The number of fused-ring (bicyclic) bond motifs is 1. The summed E-state index contributed by atoms with van der Waals surface area (Å²) >= 11 is 0. The average Bonchev–Trinajstić information content (AvgIpc) is 2.70. The lowest BCUT2D eigenvalue weighted by molar-refractivity contribution is -0.142. The first kappa shape index (κ1) is 18.4. The average molecular weight is 369 g/mol. The first-order valence-corrected chi connectivity index (χ1v) is 8.43. The van der Waals surface area contributed by atoms with Gasteiger partial charge in [-0.15, -0.1) is 0 Å². The molecule has 0 aliphatic carbocycles. The zero-order valence-electron chi connectivity index (χ0n) is 14.8. The van der Waals surface area contributed by atoms with Gasteiger partial charge in [-0.1, -0.05) is 12.1 Å². The van der Waals surface area contributed by atoms with Gasteiger partial charge >= 0.3 is 5.97 Å². The molecular formula is C20H19NO6. The van der Waals surface area contributed by atoms with E-state index < -0.39 is 5.97 Å². The van der Waals surface area contributed by atoms with Gasteiger partial charge in [0.1, 0.15) is 11.5 Å². The van der Waals surface area contributed by atoms with Crippen LogP contribution in [0.15, 0.2) is 42.5 Å². The molecule has 7 heteroatoms. The highest BCUT2D eigenvalue weighted by Gasteiger charge is 2.18. The van der Waals surface area contributed by atoms with Gasteiger partial charge in [0.15, 0.2) is 19.0 Å². The Hall–Kier alpha value is -3.35. The van der Waals surface area contributed by atoms with Crippen molar-refractivity contribution in [1.29, 1.82) is 0 Å². The summed E-state index contributed by atoms with van der Waals surface area (Å²) < 4.78 is 15.4. The van der Waals surface area contributed by atoms with Crippen LogP contribution in [-0.4, -0.2) is 38.0 Å². The summed E-state index contributed by atoms with van der Waals surface area (Å²) in [6.45, 7) is -0.402. The fourth-order valence-electron chi connectivity index (χ4n) is 2.60. The van der Waals surface area contributed by atoms with E-state index in [0.717, 1.165) is 11.3 Å². The maximum absolute atomic E-state index is 12.2. The smallest absolute Gasteiger partial charge is 0.306 e. The molecule has 0 radical (unpaired) electrons. The molecule has 140 valence electrons. The normalized spacial score (nSPS) is 12.4. The van der Waals surface area contributed by atoms with Gasteiger partial charge in [0, 0.05) is 12.0 Å². The number of ketones is 1.